The lowest BCUT2D eigenvalue weighted by Gasteiger charge is -2.46. The molecule has 7 unspecified atom stereocenters. The predicted octanol–water partition coefficient (Wildman–Crippen LogP) is 0.447. The van der Waals surface area contributed by atoms with Crippen molar-refractivity contribution in [2.45, 2.75) is 99.2 Å². The van der Waals surface area contributed by atoms with E-state index in [0.717, 1.165) is 45.3 Å². The molecule has 10 nitrogen and oxygen atoms in total. The number of alkyl halides is 1. The second-order valence-corrected chi connectivity index (χ2v) is 13.1. The van der Waals surface area contributed by atoms with Gasteiger partial charge in [-0.15, -0.1) is 0 Å². The molecule has 5 aliphatic rings. The van der Waals surface area contributed by atoms with Gasteiger partial charge < -0.3 is 24.8 Å². The maximum atomic E-state index is 12.8. The van der Waals surface area contributed by atoms with Crippen molar-refractivity contribution in [1.29, 1.82) is 0 Å². The molecule has 5 rings (SSSR count). The van der Waals surface area contributed by atoms with Crippen molar-refractivity contribution in [3.05, 3.63) is 0 Å². The second kappa shape index (κ2) is 14.5. The third-order valence-electron chi connectivity index (χ3n) is 9.26. The lowest BCUT2D eigenvalue weighted by Crippen LogP contribution is -2.62. The van der Waals surface area contributed by atoms with Gasteiger partial charge in [0, 0.05) is 50.1 Å². The summed E-state index contributed by atoms with van der Waals surface area (Å²) in [4.78, 5) is 15.6. The van der Waals surface area contributed by atoms with Crippen LogP contribution in [0.3, 0.4) is 0 Å². The summed E-state index contributed by atoms with van der Waals surface area (Å²) in [7, 11) is 0. The van der Waals surface area contributed by atoms with E-state index >= 15 is 0 Å². The molecular weight excluding hydrogens is 552 g/mol. The lowest BCUT2D eigenvalue weighted by atomic mass is 9.73. The average Bonchev–Trinajstić information content (AvgIpc) is 3.46. The first-order chi connectivity index (χ1) is 18.5. The number of β-amino-alcohol motifs (C(OH)–C–C–N with tert-alkyl or cyclic N) is 1. The number of aliphatic hydroxyl groups is 1. The van der Waals surface area contributed by atoms with E-state index in [-0.39, 0.29) is 30.3 Å². The first-order valence-electron chi connectivity index (χ1n) is 15.0. The van der Waals surface area contributed by atoms with Gasteiger partial charge in [-0.2, -0.15) is 0 Å². The maximum absolute atomic E-state index is 12.8. The molecule has 8 atom stereocenters. The molecular formula is C27H49BrN6O4. The number of nitrogens with one attached hydrogen (secondary N) is 5. The van der Waals surface area contributed by atoms with Gasteiger partial charge in [0.15, 0.2) is 0 Å². The number of carbonyl (C=O) groups is 1. The van der Waals surface area contributed by atoms with Gasteiger partial charge in [0.2, 0.25) is 5.91 Å². The number of rotatable bonds is 10. The van der Waals surface area contributed by atoms with Crippen LogP contribution in [0.4, 0.5) is 0 Å². The zero-order valence-electron chi connectivity index (χ0n) is 22.7. The number of hydrogen-bond acceptors (Lipinski definition) is 9. The first-order valence-corrected chi connectivity index (χ1v) is 16.0. The van der Waals surface area contributed by atoms with Crippen LogP contribution in [0.15, 0.2) is 0 Å². The van der Waals surface area contributed by atoms with Gasteiger partial charge in [0.1, 0.15) is 0 Å². The van der Waals surface area contributed by atoms with Crippen LogP contribution < -0.4 is 26.6 Å². The molecule has 1 amide bonds. The van der Waals surface area contributed by atoms with Crippen LogP contribution in [0, 0.1) is 11.8 Å². The Bertz CT molecular complexity index is 740. The van der Waals surface area contributed by atoms with Crippen LogP contribution in [-0.2, 0) is 14.3 Å². The first kappa shape index (κ1) is 29.1. The summed E-state index contributed by atoms with van der Waals surface area (Å²) in [5.41, 5.74) is 0. The number of aliphatic hydroxyl groups excluding tert-OH is 1. The third kappa shape index (κ3) is 8.10. The second-order valence-electron chi connectivity index (χ2n) is 12.1. The smallest absolute Gasteiger partial charge is 0.237 e. The van der Waals surface area contributed by atoms with E-state index in [2.05, 4.69) is 47.4 Å². The quantitative estimate of drug-likeness (QED) is 0.199. The largest absolute Gasteiger partial charge is 0.390 e. The molecule has 0 spiro atoms. The molecule has 6 N–H and O–H groups in total. The van der Waals surface area contributed by atoms with Gasteiger partial charge in [0.25, 0.3) is 0 Å². The van der Waals surface area contributed by atoms with Crippen LogP contribution in [-0.4, -0.2) is 110 Å². The van der Waals surface area contributed by atoms with Gasteiger partial charge >= 0.3 is 0 Å². The zero-order valence-corrected chi connectivity index (χ0v) is 24.3. The minimum absolute atomic E-state index is 0.0149. The molecule has 38 heavy (non-hydrogen) atoms. The molecule has 11 heteroatoms. The molecule has 5 fully saturated rings. The average molecular weight is 602 g/mol. The van der Waals surface area contributed by atoms with E-state index in [1.165, 1.54) is 32.1 Å². The molecule has 0 aromatic carbocycles. The SMILES string of the molecule is O=C(NC[C@H](O)CN1CCC2C(CCC(OCC3CNCO3)C2Br)C1)C1CC(NC2CCCCC2)NCN1. The Hall–Kier alpha value is -0.370. The molecule has 3 aliphatic heterocycles. The van der Waals surface area contributed by atoms with Crippen LogP contribution in [0.1, 0.15) is 57.8 Å². The van der Waals surface area contributed by atoms with Gasteiger partial charge in [0.05, 0.1) is 43.9 Å². The Morgan fingerprint density at radius 1 is 1.16 bits per heavy atom. The lowest BCUT2D eigenvalue weighted by molar-refractivity contribution is -0.124. The molecule has 2 aliphatic carbocycles. The molecule has 3 heterocycles. The van der Waals surface area contributed by atoms with E-state index in [9.17, 15) is 9.90 Å². The summed E-state index contributed by atoms with van der Waals surface area (Å²) in [5, 5.41) is 27.4. The fourth-order valence-corrected chi connectivity index (χ4v) is 8.20. The van der Waals surface area contributed by atoms with E-state index < -0.39 is 6.10 Å². The minimum atomic E-state index is -0.562. The minimum Gasteiger partial charge on any atom is -0.390 e. The van der Waals surface area contributed by atoms with Crippen molar-refractivity contribution in [2.24, 2.45) is 11.8 Å². The molecule has 3 saturated heterocycles. The van der Waals surface area contributed by atoms with Crippen molar-refractivity contribution in [3.8, 4) is 0 Å². The fourth-order valence-electron chi connectivity index (χ4n) is 7.09. The molecule has 2 saturated carbocycles. The highest BCUT2D eigenvalue weighted by molar-refractivity contribution is 9.09. The van der Waals surface area contributed by atoms with Gasteiger partial charge in [-0.3, -0.25) is 26.1 Å². The Kier molecular flexibility index (Phi) is 11.1. The summed E-state index contributed by atoms with van der Waals surface area (Å²) in [6.45, 7) is 5.65. The van der Waals surface area contributed by atoms with Crippen molar-refractivity contribution in [3.63, 3.8) is 0 Å². The molecule has 0 bridgehead atoms. The number of likely N-dealkylation sites (tertiary alicyclic amines) is 1. The third-order valence-corrected chi connectivity index (χ3v) is 10.5. The molecule has 0 aromatic heterocycles. The van der Waals surface area contributed by atoms with E-state index in [1.54, 1.807) is 0 Å². The van der Waals surface area contributed by atoms with Crippen LogP contribution >= 0.6 is 15.9 Å². The number of amides is 1. The van der Waals surface area contributed by atoms with Gasteiger partial charge in [-0.1, -0.05) is 35.2 Å². The van der Waals surface area contributed by atoms with Crippen molar-refractivity contribution in [1.82, 2.24) is 31.5 Å². The van der Waals surface area contributed by atoms with E-state index in [4.69, 9.17) is 9.47 Å². The van der Waals surface area contributed by atoms with E-state index in [0.29, 0.717) is 55.8 Å². The van der Waals surface area contributed by atoms with Crippen molar-refractivity contribution >= 4 is 21.8 Å². The Morgan fingerprint density at radius 3 is 2.84 bits per heavy atom. The number of ether oxygens (including phenoxy) is 2. The van der Waals surface area contributed by atoms with Crippen molar-refractivity contribution < 1.29 is 19.4 Å². The highest BCUT2D eigenvalue weighted by Crippen LogP contribution is 2.41. The molecule has 0 radical (unpaired) electrons. The van der Waals surface area contributed by atoms with Gasteiger partial charge in [-0.05, 0) is 50.5 Å². The number of carbonyl (C=O) groups excluding carboxylic acids is 1. The maximum Gasteiger partial charge on any atom is 0.237 e. The summed E-state index contributed by atoms with van der Waals surface area (Å²) in [6.07, 6.45) is 10.4. The van der Waals surface area contributed by atoms with Crippen LogP contribution in [0.5, 0.6) is 0 Å². The predicted molar refractivity (Wildman–Crippen MR) is 150 cm³/mol. The Labute approximate surface area is 236 Å². The summed E-state index contributed by atoms with van der Waals surface area (Å²) in [6, 6.07) is 0.325. The van der Waals surface area contributed by atoms with Gasteiger partial charge in [-0.25, -0.2) is 0 Å². The molecule has 218 valence electrons. The number of fused-ring (bicyclic) bond motifs is 1. The summed E-state index contributed by atoms with van der Waals surface area (Å²) in [5.74, 6) is 1.20. The number of hydrogen-bond donors (Lipinski definition) is 6. The zero-order chi connectivity index (χ0) is 26.3. The Morgan fingerprint density at radius 2 is 2.03 bits per heavy atom. The highest BCUT2D eigenvalue weighted by atomic mass is 79.9. The van der Waals surface area contributed by atoms with Crippen molar-refractivity contribution in [2.75, 3.05) is 52.7 Å². The van der Waals surface area contributed by atoms with E-state index in [1.807, 2.05) is 0 Å². The topological polar surface area (TPSA) is 119 Å². The fraction of sp³-hybridized carbons (Fsp3) is 0.963. The summed E-state index contributed by atoms with van der Waals surface area (Å²) >= 11 is 3.98. The normalized spacial score (nSPS) is 38.0. The van der Waals surface area contributed by atoms with Crippen LogP contribution in [0.2, 0.25) is 0 Å². The molecule has 0 aromatic rings. The highest BCUT2D eigenvalue weighted by Gasteiger charge is 2.42. The standard InChI is InChI=1S/C27H49BrN6O4/c28-26-22-8-9-34(13-18(22)6-7-24(26)37-15-21-12-29-17-38-21)14-20(35)11-30-27(36)23-10-25(32-16-31-23)33-19-4-2-1-3-5-19/h18-26,29,31-33,35H,1-17H2,(H,30,36)/t18?,20-,21?,22?,23?,24?,25?,26?/m0/s1. The van der Waals surface area contributed by atoms with Crippen LogP contribution in [0.25, 0.3) is 0 Å². The number of halogens is 1. The Balaban J connectivity index is 0.986. The monoisotopic (exact) mass is 600 g/mol. The summed E-state index contributed by atoms with van der Waals surface area (Å²) < 4.78 is 11.9. The number of nitrogens with zero attached hydrogens (tertiary/aromatic N) is 1. The number of piperidine rings is 1.